The number of nitrogens with zero attached hydrogens (tertiary/aromatic N) is 1. The number of phenolic OH excluding ortho intramolecular Hbond substituents is 1. The lowest BCUT2D eigenvalue weighted by Gasteiger charge is -2.32. The van der Waals surface area contributed by atoms with E-state index in [4.69, 9.17) is 0 Å². The fourth-order valence-corrected chi connectivity index (χ4v) is 4.56. The molecule has 1 aliphatic rings. The first-order chi connectivity index (χ1) is 15.6. The van der Waals surface area contributed by atoms with E-state index in [1.54, 1.807) is 6.07 Å². The highest BCUT2D eigenvalue weighted by molar-refractivity contribution is 5.94. The van der Waals surface area contributed by atoms with E-state index in [0.29, 0.717) is 23.9 Å². The van der Waals surface area contributed by atoms with Gasteiger partial charge in [-0.15, -0.1) is 0 Å². The summed E-state index contributed by atoms with van der Waals surface area (Å²) in [6, 6.07) is 24.4. The summed E-state index contributed by atoms with van der Waals surface area (Å²) in [5, 5.41) is 13.1. The lowest BCUT2D eigenvalue weighted by molar-refractivity contribution is 0.0952. The molecule has 0 saturated carbocycles. The van der Waals surface area contributed by atoms with Crippen molar-refractivity contribution in [2.24, 2.45) is 0 Å². The minimum absolute atomic E-state index is 0.0124. The largest absolute Gasteiger partial charge is 0.508 e. The van der Waals surface area contributed by atoms with Crippen LogP contribution in [0.1, 0.15) is 40.7 Å². The van der Waals surface area contributed by atoms with E-state index in [1.807, 2.05) is 48.5 Å². The number of aromatic hydroxyl groups is 1. The first kappa shape index (κ1) is 22.1. The van der Waals surface area contributed by atoms with Crippen molar-refractivity contribution in [2.75, 3.05) is 20.1 Å². The van der Waals surface area contributed by atoms with E-state index in [2.05, 4.69) is 35.5 Å². The van der Waals surface area contributed by atoms with Crippen LogP contribution in [-0.4, -0.2) is 42.1 Å². The SMILES string of the molecule is CN(CCCCNC(=O)c1ccc(-c2ccccc2)cc1)[C@@H]1CCc2c(O)cccc2C1. The standard InChI is InChI=1S/C28H32N2O2/c1-30(25-16-17-26-24(20-25)10-7-11-27(26)31)19-6-5-18-29-28(32)23-14-12-22(13-15-23)21-8-3-2-4-9-21/h2-4,7-15,25,31H,5-6,16-20H2,1H3,(H,29,32)/t25-/m1/s1. The van der Waals surface area contributed by atoms with E-state index < -0.39 is 0 Å². The molecule has 166 valence electrons. The fraction of sp³-hybridized carbons (Fsp3) is 0.321. The van der Waals surface area contributed by atoms with Gasteiger partial charge in [-0.05, 0) is 86.1 Å². The van der Waals surface area contributed by atoms with Crippen LogP contribution in [0.4, 0.5) is 0 Å². The quantitative estimate of drug-likeness (QED) is 0.493. The molecule has 0 radical (unpaired) electrons. The summed E-state index contributed by atoms with van der Waals surface area (Å²) in [7, 11) is 2.19. The second kappa shape index (κ2) is 10.5. The third-order valence-corrected chi connectivity index (χ3v) is 6.53. The summed E-state index contributed by atoms with van der Waals surface area (Å²) >= 11 is 0. The van der Waals surface area contributed by atoms with Crippen molar-refractivity contribution >= 4 is 5.91 Å². The minimum Gasteiger partial charge on any atom is -0.508 e. The predicted molar refractivity (Wildman–Crippen MR) is 130 cm³/mol. The van der Waals surface area contributed by atoms with Gasteiger partial charge in [-0.3, -0.25) is 4.79 Å². The molecule has 0 unspecified atom stereocenters. The number of carbonyl (C=O) groups is 1. The molecule has 1 amide bonds. The molecular formula is C28H32N2O2. The van der Waals surface area contributed by atoms with Crippen molar-refractivity contribution in [2.45, 2.75) is 38.1 Å². The Labute approximate surface area is 190 Å². The van der Waals surface area contributed by atoms with Gasteiger partial charge in [0.2, 0.25) is 0 Å². The van der Waals surface area contributed by atoms with Crippen molar-refractivity contribution in [3.63, 3.8) is 0 Å². The first-order valence-corrected chi connectivity index (χ1v) is 11.6. The molecule has 2 N–H and O–H groups in total. The number of hydrogen-bond acceptors (Lipinski definition) is 3. The molecule has 0 bridgehead atoms. The Bertz CT molecular complexity index is 1030. The molecule has 3 aromatic rings. The predicted octanol–water partition coefficient (Wildman–Crippen LogP) is 5.06. The van der Waals surface area contributed by atoms with Gasteiger partial charge in [-0.1, -0.05) is 54.6 Å². The molecule has 3 aromatic carbocycles. The Balaban J connectivity index is 1.17. The zero-order valence-electron chi connectivity index (χ0n) is 18.8. The van der Waals surface area contributed by atoms with Gasteiger partial charge < -0.3 is 15.3 Å². The van der Waals surface area contributed by atoms with E-state index in [-0.39, 0.29) is 5.91 Å². The van der Waals surface area contributed by atoms with Crippen LogP contribution in [0.25, 0.3) is 11.1 Å². The number of carbonyl (C=O) groups excluding carboxylic acids is 1. The molecule has 0 fully saturated rings. The second-order valence-electron chi connectivity index (χ2n) is 8.70. The van der Waals surface area contributed by atoms with Crippen LogP contribution < -0.4 is 5.32 Å². The van der Waals surface area contributed by atoms with Crippen LogP contribution in [0.2, 0.25) is 0 Å². The van der Waals surface area contributed by atoms with Gasteiger partial charge in [0.05, 0.1) is 0 Å². The molecule has 32 heavy (non-hydrogen) atoms. The molecule has 4 nitrogen and oxygen atoms in total. The van der Waals surface area contributed by atoms with Crippen molar-refractivity contribution < 1.29 is 9.90 Å². The molecule has 0 heterocycles. The molecule has 1 atom stereocenters. The van der Waals surface area contributed by atoms with Crippen LogP contribution in [0.3, 0.4) is 0 Å². The van der Waals surface area contributed by atoms with E-state index >= 15 is 0 Å². The van der Waals surface area contributed by atoms with Crippen molar-refractivity contribution in [1.29, 1.82) is 0 Å². The third kappa shape index (κ3) is 5.38. The molecule has 0 spiro atoms. The summed E-state index contributed by atoms with van der Waals surface area (Å²) in [5.41, 5.74) is 5.37. The van der Waals surface area contributed by atoms with E-state index in [1.165, 1.54) is 5.56 Å². The number of likely N-dealkylation sites (N-methyl/N-ethyl adjacent to an activating group) is 1. The number of benzene rings is 3. The number of amides is 1. The number of nitrogens with one attached hydrogen (secondary N) is 1. The molecule has 4 rings (SSSR count). The van der Waals surface area contributed by atoms with Crippen molar-refractivity contribution in [1.82, 2.24) is 10.2 Å². The van der Waals surface area contributed by atoms with E-state index in [0.717, 1.165) is 55.3 Å². The van der Waals surface area contributed by atoms with Gasteiger partial charge in [0.25, 0.3) is 5.91 Å². The maximum absolute atomic E-state index is 12.4. The van der Waals surface area contributed by atoms with Crippen LogP contribution in [0.5, 0.6) is 5.75 Å². The normalized spacial score (nSPS) is 15.4. The maximum Gasteiger partial charge on any atom is 0.251 e. The highest BCUT2D eigenvalue weighted by Crippen LogP contribution is 2.30. The summed E-state index contributed by atoms with van der Waals surface area (Å²) < 4.78 is 0. The van der Waals surface area contributed by atoms with Crippen LogP contribution in [0, 0.1) is 0 Å². The summed E-state index contributed by atoms with van der Waals surface area (Å²) in [4.78, 5) is 14.9. The van der Waals surface area contributed by atoms with Crippen LogP contribution in [-0.2, 0) is 12.8 Å². The number of fused-ring (bicyclic) bond motifs is 1. The van der Waals surface area contributed by atoms with Gasteiger partial charge in [0.1, 0.15) is 5.75 Å². The average molecular weight is 429 g/mol. The summed E-state index contributed by atoms with van der Waals surface area (Å²) in [6.07, 6.45) is 5.03. The first-order valence-electron chi connectivity index (χ1n) is 11.6. The van der Waals surface area contributed by atoms with Crippen LogP contribution >= 0.6 is 0 Å². The molecule has 0 aliphatic heterocycles. The van der Waals surface area contributed by atoms with Gasteiger partial charge >= 0.3 is 0 Å². The molecule has 1 aliphatic carbocycles. The lowest BCUT2D eigenvalue weighted by Crippen LogP contribution is -2.37. The second-order valence-corrected chi connectivity index (χ2v) is 8.70. The minimum atomic E-state index is -0.0124. The van der Waals surface area contributed by atoms with Gasteiger partial charge in [0, 0.05) is 18.2 Å². The Morgan fingerprint density at radius 2 is 1.72 bits per heavy atom. The number of hydrogen-bond donors (Lipinski definition) is 2. The van der Waals surface area contributed by atoms with Crippen molar-refractivity contribution in [3.05, 3.63) is 89.5 Å². The monoisotopic (exact) mass is 428 g/mol. The number of rotatable bonds is 8. The Kier molecular flexibility index (Phi) is 7.23. The molecule has 4 heteroatoms. The Morgan fingerprint density at radius 3 is 2.50 bits per heavy atom. The topological polar surface area (TPSA) is 52.6 Å². The zero-order chi connectivity index (χ0) is 22.3. The third-order valence-electron chi connectivity index (χ3n) is 6.53. The lowest BCUT2D eigenvalue weighted by atomic mass is 9.87. The number of phenols is 1. The van der Waals surface area contributed by atoms with Gasteiger partial charge in [0.15, 0.2) is 0 Å². The van der Waals surface area contributed by atoms with Crippen molar-refractivity contribution in [3.8, 4) is 16.9 Å². The van der Waals surface area contributed by atoms with Crippen LogP contribution in [0.15, 0.2) is 72.8 Å². The average Bonchev–Trinajstić information content (AvgIpc) is 2.84. The summed E-state index contributed by atoms with van der Waals surface area (Å²) in [6.45, 7) is 1.70. The van der Waals surface area contributed by atoms with Gasteiger partial charge in [-0.25, -0.2) is 0 Å². The highest BCUT2D eigenvalue weighted by Gasteiger charge is 2.23. The maximum atomic E-state index is 12.4. The zero-order valence-corrected chi connectivity index (χ0v) is 18.8. The smallest absolute Gasteiger partial charge is 0.251 e. The molecule has 0 aromatic heterocycles. The summed E-state index contributed by atoms with van der Waals surface area (Å²) in [5.74, 6) is 0.427. The van der Waals surface area contributed by atoms with E-state index in [9.17, 15) is 9.90 Å². The Morgan fingerprint density at radius 1 is 0.969 bits per heavy atom. The molecular weight excluding hydrogens is 396 g/mol. The highest BCUT2D eigenvalue weighted by atomic mass is 16.3. The number of unbranched alkanes of at least 4 members (excludes halogenated alkanes) is 1. The Hall–Kier alpha value is -3.11. The van der Waals surface area contributed by atoms with Gasteiger partial charge in [-0.2, -0.15) is 0 Å². The molecule has 0 saturated heterocycles. The fourth-order valence-electron chi connectivity index (χ4n) is 4.56.